The van der Waals surface area contributed by atoms with Gasteiger partial charge in [0.1, 0.15) is 5.75 Å². The van der Waals surface area contributed by atoms with E-state index >= 15 is 0 Å². The van der Waals surface area contributed by atoms with Gasteiger partial charge in [0, 0.05) is 6.04 Å². The van der Waals surface area contributed by atoms with Crippen molar-refractivity contribution in [2.24, 2.45) is 11.8 Å². The van der Waals surface area contributed by atoms with Crippen molar-refractivity contribution in [2.75, 3.05) is 13.7 Å². The van der Waals surface area contributed by atoms with E-state index in [1.165, 1.54) is 37.8 Å². The molecular weight excluding hydrogens is 246 g/mol. The van der Waals surface area contributed by atoms with Gasteiger partial charge in [0.25, 0.3) is 0 Å². The Morgan fingerprint density at radius 2 is 2.10 bits per heavy atom. The molecule has 3 unspecified atom stereocenters. The second-order valence-electron chi connectivity index (χ2n) is 6.46. The topological polar surface area (TPSA) is 21.3 Å². The van der Waals surface area contributed by atoms with Crippen LogP contribution >= 0.6 is 0 Å². The molecule has 3 atom stereocenters. The Hall–Kier alpha value is -1.02. The number of ether oxygens (including phenoxy) is 1. The fourth-order valence-corrected chi connectivity index (χ4v) is 3.39. The lowest BCUT2D eigenvalue weighted by atomic mass is 9.82. The molecular formula is C18H29NO. The van der Waals surface area contributed by atoms with Crippen LogP contribution in [0.3, 0.4) is 0 Å². The maximum atomic E-state index is 5.43. The van der Waals surface area contributed by atoms with Crippen LogP contribution in [0.15, 0.2) is 24.3 Å². The van der Waals surface area contributed by atoms with Crippen LogP contribution in [0.1, 0.15) is 45.1 Å². The lowest BCUT2D eigenvalue weighted by Gasteiger charge is -2.28. The maximum Gasteiger partial charge on any atom is 0.122 e. The first kappa shape index (κ1) is 15.4. The summed E-state index contributed by atoms with van der Waals surface area (Å²) in [4.78, 5) is 0. The molecule has 1 aromatic rings. The SMILES string of the molecule is COc1ccccc1CC(C)NCC1CCCC(C)C1. The van der Waals surface area contributed by atoms with E-state index in [4.69, 9.17) is 4.74 Å². The molecule has 0 amide bonds. The number of hydrogen-bond acceptors (Lipinski definition) is 2. The Labute approximate surface area is 123 Å². The van der Waals surface area contributed by atoms with Gasteiger partial charge in [-0.25, -0.2) is 0 Å². The molecule has 2 nitrogen and oxygen atoms in total. The monoisotopic (exact) mass is 275 g/mol. The second kappa shape index (κ2) is 7.68. The van der Waals surface area contributed by atoms with Crippen LogP contribution in [0.2, 0.25) is 0 Å². The smallest absolute Gasteiger partial charge is 0.122 e. The van der Waals surface area contributed by atoms with Gasteiger partial charge in [-0.15, -0.1) is 0 Å². The molecule has 0 heterocycles. The molecule has 112 valence electrons. The van der Waals surface area contributed by atoms with Crippen molar-refractivity contribution in [3.8, 4) is 5.75 Å². The summed E-state index contributed by atoms with van der Waals surface area (Å²) in [5.74, 6) is 2.80. The fraction of sp³-hybridized carbons (Fsp3) is 0.667. The number of nitrogens with one attached hydrogen (secondary N) is 1. The van der Waals surface area contributed by atoms with Crippen LogP contribution in [0, 0.1) is 11.8 Å². The first-order valence-corrected chi connectivity index (χ1v) is 8.04. The summed E-state index contributed by atoms with van der Waals surface area (Å²) in [5, 5.41) is 3.72. The predicted molar refractivity (Wildman–Crippen MR) is 85.3 cm³/mol. The summed E-state index contributed by atoms with van der Waals surface area (Å²) in [5.41, 5.74) is 1.30. The molecule has 1 aromatic carbocycles. The number of para-hydroxylation sites is 1. The molecule has 1 aliphatic carbocycles. The standard InChI is InChI=1S/C18H29NO/c1-14-7-6-8-16(11-14)13-19-15(2)12-17-9-4-5-10-18(17)20-3/h4-5,9-10,14-16,19H,6-8,11-13H2,1-3H3. The largest absolute Gasteiger partial charge is 0.496 e. The fourth-order valence-electron chi connectivity index (χ4n) is 3.39. The van der Waals surface area contributed by atoms with E-state index < -0.39 is 0 Å². The van der Waals surface area contributed by atoms with Crippen molar-refractivity contribution < 1.29 is 4.74 Å². The average Bonchev–Trinajstić information content (AvgIpc) is 2.46. The molecule has 0 spiro atoms. The van der Waals surface area contributed by atoms with Crippen molar-refractivity contribution in [1.29, 1.82) is 0 Å². The predicted octanol–water partition coefficient (Wildman–Crippen LogP) is 4.04. The van der Waals surface area contributed by atoms with E-state index in [9.17, 15) is 0 Å². The van der Waals surface area contributed by atoms with Gasteiger partial charge in [0.15, 0.2) is 0 Å². The molecule has 20 heavy (non-hydrogen) atoms. The quantitative estimate of drug-likeness (QED) is 0.846. The van der Waals surface area contributed by atoms with Crippen molar-refractivity contribution in [3.63, 3.8) is 0 Å². The van der Waals surface area contributed by atoms with Crippen LogP contribution in [0.25, 0.3) is 0 Å². The Bertz CT molecular complexity index is 404. The lowest BCUT2D eigenvalue weighted by molar-refractivity contribution is 0.268. The number of benzene rings is 1. The highest BCUT2D eigenvalue weighted by molar-refractivity contribution is 5.33. The minimum atomic E-state index is 0.503. The van der Waals surface area contributed by atoms with E-state index in [0.29, 0.717) is 6.04 Å². The van der Waals surface area contributed by atoms with E-state index in [-0.39, 0.29) is 0 Å². The molecule has 0 aliphatic heterocycles. The first-order valence-electron chi connectivity index (χ1n) is 8.04. The molecule has 1 fully saturated rings. The molecule has 1 N–H and O–H groups in total. The van der Waals surface area contributed by atoms with Crippen LogP contribution in [-0.4, -0.2) is 19.7 Å². The van der Waals surface area contributed by atoms with Crippen molar-refractivity contribution in [3.05, 3.63) is 29.8 Å². The Morgan fingerprint density at radius 3 is 2.85 bits per heavy atom. The van der Waals surface area contributed by atoms with E-state index in [2.05, 4.69) is 31.3 Å². The van der Waals surface area contributed by atoms with E-state index in [1.807, 2.05) is 12.1 Å². The molecule has 0 saturated heterocycles. The third-order valence-electron chi connectivity index (χ3n) is 4.52. The van der Waals surface area contributed by atoms with Gasteiger partial charge in [-0.2, -0.15) is 0 Å². The normalized spacial score (nSPS) is 24.4. The molecule has 0 aromatic heterocycles. The number of methoxy groups -OCH3 is 1. The number of hydrogen-bond donors (Lipinski definition) is 1. The molecule has 2 rings (SSSR count). The van der Waals surface area contributed by atoms with Gasteiger partial charge >= 0.3 is 0 Å². The maximum absolute atomic E-state index is 5.43. The van der Waals surface area contributed by atoms with Crippen LogP contribution < -0.4 is 10.1 Å². The molecule has 0 radical (unpaired) electrons. The summed E-state index contributed by atoms with van der Waals surface area (Å²) in [7, 11) is 1.75. The van der Waals surface area contributed by atoms with Crippen LogP contribution in [0.5, 0.6) is 5.75 Å². The van der Waals surface area contributed by atoms with Gasteiger partial charge in [0.05, 0.1) is 7.11 Å². The summed E-state index contributed by atoms with van der Waals surface area (Å²) < 4.78 is 5.43. The molecule has 1 saturated carbocycles. The summed E-state index contributed by atoms with van der Waals surface area (Å²) in [6.45, 7) is 5.84. The Morgan fingerprint density at radius 1 is 1.30 bits per heavy atom. The summed E-state index contributed by atoms with van der Waals surface area (Å²) in [6.07, 6.45) is 6.67. The van der Waals surface area contributed by atoms with Gasteiger partial charge in [-0.05, 0) is 56.2 Å². The Kier molecular flexibility index (Phi) is 5.90. The summed E-state index contributed by atoms with van der Waals surface area (Å²) >= 11 is 0. The van der Waals surface area contributed by atoms with Crippen molar-refractivity contribution in [2.45, 2.75) is 52.0 Å². The van der Waals surface area contributed by atoms with Crippen molar-refractivity contribution in [1.82, 2.24) is 5.32 Å². The minimum absolute atomic E-state index is 0.503. The third kappa shape index (κ3) is 4.52. The van der Waals surface area contributed by atoms with E-state index in [0.717, 1.165) is 24.0 Å². The van der Waals surface area contributed by atoms with Gasteiger partial charge in [-0.3, -0.25) is 0 Å². The molecule has 1 aliphatic rings. The van der Waals surface area contributed by atoms with Crippen molar-refractivity contribution >= 4 is 0 Å². The van der Waals surface area contributed by atoms with Gasteiger partial charge in [0.2, 0.25) is 0 Å². The van der Waals surface area contributed by atoms with Gasteiger partial charge in [-0.1, -0.05) is 38.0 Å². The highest BCUT2D eigenvalue weighted by Gasteiger charge is 2.19. The summed E-state index contributed by atoms with van der Waals surface area (Å²) in [6, 6.07) is 8.84. The highest BCUT2D eigenvalue weighted by Crippen LogP contribution is 2.28. The van der Waals surface area contributed by atoms with Gasteiger partial charge < -0.3 is 10.1 Å². The highest BCUT2D eigenvalue weighted by atomic mass is 16.5. The zero-order chi connectivity index (χ0) is 14.4. The van der Waals surface area contributed by atoms with Crippen LogP contribution in [0.4, 0.5) is 0 Å². The third-order valence-corrected chi connectivity index (χ3v) is 4.52. The average molecular weight is 275 g/mol. The lowest BCUT2D eigenvalue weighted by Crippen LogP contribution is -2.34. The molecule has 2 heteroatoms. The van der Waals surface area contributed by atoms with Crippen LogP contribution in [-0.2, 0) is 6.42 Å². The zero-order valence-corrected chi connectivity index (χ0v) is 13.2. The zero-order valence-electron chi connectivity index (χ0n) is 13.2. The van der Waals surface area contributed by atoms with E-state index in [1.54, 1.807) is 7.11 Å². The number of rotatable bonds is 6. The minimum Gasteiger partial charge on any atom is -0.496 e. The molecule has 0 bridgehead atoms. The second-order valence-corrected chi connectivity index (χ2v) is 6.46. The first-order chi connectivity index (χ1) is 9.69. The Balaban J connectivity index is 1.78.